The largest absolute Gasteiger partial charge is 0.481 e. The van der Waals surface area contributed by atoms with Crippen LogP contribution in [0.5, 0.6) is 0 Å². The molecule has 0 aromatic rings. The van der Waals surface area contributed by atoms with Gasteiger partial charge in [0.2, 0.25) is 11.8 Å². The van der Waals surface area contributed by atoms with Gasteiger partial charge in [0, 0.05) is 6.04 Å². The average Bonchev–Trinajstić information content (AvgIpc) is 2.66. The van der Waals surface area contributed by atoms with Crippen molar-refractivity contribution < 1.29 is 39.3 Å². The van der Waals surface area contributed by atoms with Gasteiger partial charge in [-0.15, -0.1) is 12.4 Å². The number of carbonyl (C=O) groups is 5. The van der Waals surface area contributed by atoms with Crippen LogP contribution in [0.2, 0.25) is 0 Å². The Labute approximate surface area is 205 Å². The summed E-state index contributed by atoms with van der Waals surface area (Å²) in [5.41, 5.74) is 5.86. The number of hydrogen-bond donors (Lipinski definition) is 7. The van der Waals surface area contributed by atoms with Gasteiger partial charge in [-0.1, -0.05) is 41.5 Å². The summed E-state index contributed by atoms with van der Waals surface area (Å²) >= 11 is 0. The predicted octanol–water partition coefficient (Wildman–Crippen LogP) is -0.532. The molecule has 198 valence electrons. The van der Waals surface area contributed by atoms with Crippen LogP contribution in [0.1, 0.15) is 54.4 Å². The number of nitrogens with one attached hydrogen (secondary N) is 3. The lowest BCUT2D eigenvalue weighted by Gasteiger charge is -2.29. The molecule has 0 aromatic carbocycles. The van der Waals surface area contributed by atoms with Crippen LogP contribution < -0.4 is 21.7 Å². The third-order valence-electron chi connectivity index (χ3n) is 4.90. The summed E-state index contributed by atoms with van der Waals surface area (Å²) in [6.45, 7) is 10.3. The lowest BCUT2D eigenvalue weighted by atomic mass is 9.97. The molecule has 0 saturated carbocycles. The van der Waals surface area contributed by atoms with Crippen LogP contribution in [-0.4, -0.2) is 75.3 Å². The molecule has 0 unspecified atom stereocenters. The van der Waals surface area contributed by atoms with Gasteiger partial charge in [0.25, 0.3) is 5.91 Å². The summed E-state index contributed by atoms with van der Waals surface area (Å²) in [6.07, 6.45) is -1.97. The van der Waals surface area contributed by atoms with Crippen molar-refractivity contribution in [2.45, 2.75) is 84.7 Å². The van der Waals surface area contributed by atoms with Crippen molar-refractivity contribution in [1.82, 2.24) is 16.0 Å². The van der Waals surface area contributed by atoms with Gasteiger partial charge in [-0.05, 0) is 24.2 Å². The van der Waals surface area contributed by atoms with Gasteiger partial charge in [0.1, 0.15) is 24.2 Å². The van der Waals surface area contributed by atoms with Crippen LogP contribution in [0.15, 0.2) is 0 Å². The first kappa shape index (κ1) is 33.7. The van der Waals surface area contributed by atoms with Crippen molar-refractivity contribution in [3.63, 3.8) is 0 Å². The SMILES string of the molecule is CC(C)C[C@@H](N)[C@@H](O)C(=O)N[C@H](C(=O)N[C@H](C(=O)N[C@@H](CC(=O)O)C(=O)O)C(C)C)C(C)C.Cl. The van der Waals surface area contributed by atoms with E-state index in [1.165, 1.54) is 0 Å². The molecule has 8 N–H and O–H groups in total. The summed E-state index contributed by atoms with van der Waals surface area (Å²) in [5.74, 6) is -6.12. The second kappa shape index (κ2) is 15.5. The summed E-state index contributed by atoms with van der Waals surface area (Å²) in [4.78, 5) is 60.0. The monoisotopic (exact) mass is 510 g/mol. The Morgan fingerprint density at radius 2 is 1.18 bits per heavy atom. The number of amides is 3. The fourth-order valence-electron chi connectivity index (χ4n) is 3.06. The van der Waals surface area contributed by atoms with Crippen LogP contribution >= 0.6 is 12.4 Å². The Balaban J connectivity index is 0. The molecule has 0 fully saturated rings. The quantitative estimate of drug-likeness (QED) is 0.160. The summed E-state index contributed by atoms with van der Waals surface area (Å²) < 4.78 is 0. The zero-order chi connectivity index (χ0) is 26.0. The zero-order valence-electron chi connectivity index (χ0n) is 20.4. The molecule has 0 spiro atoms. The minimum absolute atomic E-state index is 0. The van der Waals surface area contributed by atoms with Crippen LogP contribution in [0.3, 0.4) is 0 Å². The lowest BCUT2D eigenvalue weighted by Crippen LogP contribution is -2.60. The molecule has 0 aliphatic carbocycles. The zero-order valence-corrected chi connectivity index (χ0v) is 21.2. The number of aliphatic carboxylic acids is 2. The first-order valence-electron chi connectivity index (χ1n) is 10.9. The van der Waals surface area contributed by atoms with Crippen LogP contribution in [-0.2, 0) is 24.0 Å². The molecule has 0 rings (SSSR count). The minimum atomic E-state index is -1.67. The molecule has 0 aromatic heterocycles. The van der Waals surface area contributed by atoms with Gasteiger partial charge in [-0.25, -0.2) is 4.79 Å². The van der Waals surface area contributed by atoms with Gasteiger partial charge < -0.3 is 37.0 Å². The van der Waals surface area contributed by atoms with Gasteiger partial charge in [0.05, 0.1) is 6.42 Å². The fourth-order valence-corrected chi connectivity index (χ4v) is 3.06. The van der Waals surface area contributed by atoms with E-state index < -0.39 is 78.2 Å². The highest BCUT2D eigenvalue weighted by molar-refractivity contribution is 5.94. The molecule has 0 bridgehead atoms. The number of carboxylic acid groups (broad SMARTS) is 2. The van der Waals surface area contributed by atoms with E-state index in [1.54, 1.807) is 27.7 Å². The average molecular weight is 511 g/mol. The normalized spacial score (nSPS) is 15.5. The van der Waals surface area contributed by atoms with E-state index in [2.05, 4.69) is 16.0 Å². The summed E-state index contributed by atoms with van der Waals surface area (Å²) in [7, 11) is 0. The number of rotatable bonds is 14. The van der Waals surface area contributed by atoms with Crippen molar-refractivity contribution in [3.8, 4) is 0 Å². The Morgan fingerprint density at radius 3 is 1.53 bits per heavy atom. The van der Waals surface area contributed by atoms with E-state index in [4.69, 9.17) is 15.9 Å². The molecule has 5 atom stereocenters. The molecule has 0 aliphatic rings. The second-order valence-electron chi connectivity index (χ2n) is 9.20. The van der Waals surface area contributed by atoms with Gasteiger partial charge in [0.15, 0.2) is 0 Å². The summed E-state index contributed by atoms with van der Waals surface area (Å²) in [6, 6.07) is -4.80. The number of halogens is 1. The molecular weight excluding hydrogens is 472 g/mol. The van der Waals surface area contributed by atoms with Crippen LogP contribution in [0.4, 0.5) is 0 Å². The fraction of sp³-hybridized carbons (Fsp3) is 0.762. The van der Waals surface area contributed by atoms with E-state index in [-0.39, 0.29) is 18.3 Å². The van der Waals surface area contributed by atoms with E-state index in [9.17, 15) is 29.1 Å². The van der Waals surface area contributed by atoms with Crippen molar-refractivity contribution in [2.24, 2.45) is 23.5 Å². The molecule has 13 heteroatoms. The Kier molecular flexibility index (Phi) is 15.3. The van der Waals surface area contributed by atoms with Gasteiger partial charge in [-0.3, -0.25) is 19.2 Å². The Morgan fingerprint density at radius 1 is 0.765 bits per heavy atom. The highest BCUT2D eigenvalue weighted by atomic mass is 35.5. The topological polar surface area (TPSA) is 208 Å². The predicted molar refractivity (Wildman–Crippen MR) is 126 cm³/mol. The maximum Gasteiger partial charge on any atom is 0.326 e. The Bertz CT molecular complexity index is 717. The third-order valence-corrected chi connectivity index (χ3v) is 4.90. The number of aliphatic hydroxyl groups is 1. The third kappa shape index (κ3) is 11.6. The van der Waals surface area contributed by atoms with E-state index >= 15 is 0 Å². The lowest BCUT2D eigenvalue weighted by molar-refractivity contribution is -0.147. The van der Waals surface area contributed by atoms with Crippen LogP contribution in [0.25, 0.3) is 0 Å². The molecule has 12 nitrogen and oxygen atoms in total. The smallest absolute Gasteiger partial charge is 0.326 e. The first-order chi connectivity index (χ1) is 15.1. The highest BCUT2D eigenvalue weighted by Gasteiger charge is 2.34. The maximum absolute atomic E-state index is 12.9. The first-order valence-corrected chi connectivity index (χ1v) is 10.9. The maximum atomic E-state index is 12.9. The number of hydrogen-bond acceptors (Lipinski definition) is 7. The summed E-state index contributed by atoms with van der Waals surface area (Å²) in [5, 5.41) is 35.2. The van der Waals surface area contributed by atoms with E-state index in [0.717, 1.165) is 0 Å². The minimum Gasteiger partial charge on any atom is -0.481 e. The van der Waals surface area contributed by atoms with Crippen molar-refractivity contribution in [1.29, 1.82) is 0 Å². The van der Waals surface area contributed by atoms with E-state index in [0.29, 0.717) is 6.42 Å². The van der Waals surface area contributed by atoms with Crippen LogP contribution in [0, 0.1) is 17.8 Å². The second-order valence-corrected chi connectivity index (χ2v) is 9.20. The molecule has 0 aliphatic heterocycles. The number of aliphatic hydroxyl groups excluding tert-OH is 1. The van der Waals surface area contributed by atoms with Crippen molar-refractivity contribution >= 4 is 42.1 Å². The molecule has 0 saturated heterocycles. The number of nitrogens with two attached hydrogens (primary N) is 1. The van der Waals surface area contributed by atoms with Gasteiger partial charge >= 0.3 is 11.9 Å². The standard InChI is InChI=1S/C21H38N4O8.ClH/c1-9(2)7-12(22)17(28)20(31)25-16(11(5)6)19(30)24-15(10(3)4)18(29)23-13(21(32)33)8-14(26)27;/h9-13,15-17,28H,7-8,22H2,1-6H3,(H,23,29)(H,24,30)(H,25,31)(H,26,27)(H,32,33);1H/t12-,13+,15+,16+,17-;/m1./s1. The number of carboxylic acids is 2. The molecule has 34 heavy (non-hydrogen) atoms. The molecule has 3 amide bonds. The van der Waals surface area contributed by atoms with Crippen molar-refractivity contribution in [3.05, 3.63) is 0 Å². The molecule has 0 radical (unpaired) electrons. The van der Waals surface area contributed by atoms with Gasteiger partial charge in [-0.2, -0.15) is 0 Å². The highest BCUT2D eigenvalue weighted by Crippen LogP contribution is 2.10. The number of carbonyl (C=O) groups excluding carboxylic acids is 3. The molecule has 0 heterocycles. The van der Waals surface area contributed by atoms with Crippen molar-refractivity contribution in [2.75, 3.05) is 0 Å². The molecular formula is C21H39ClN4O8. The Hall–Kier alpha value is -2.44. The van der Waals surface area contributed by atoms with E-state index in [1.807, 2.05) is 13.8 Å².